The molecule has 0 spiro atoms. The first-order chi connectivity index (χ1) is 30.6. The third-order valence-corrected chi connectivity index (χ3v) is 12.9. The van der Waals surface area contributed by atoms with E-state index in [0.717, 1.165) is 41.9 Å². The number of alkyl carbamates (subject to hydrolysis) is 1. The molecule has 3 saturated heterocycles. The molecule has 1 amide bonds. The van der Waals surface area contributed by atoms with E-state index in [1.807, 2.05) is 72.1 Å². The van der Waals surface area contributed by atoms with Gasteiger partial charge in [-0.25, -0.2) is 9.59 Å². The minimum atomic E-state index is -0.866. The van der Waals surface area contributed by atoms with E-state index in [-0.39, 0.29) is 72.6 Å². The molecule has 3 aliphatic rings. The minimum absolute atomic E-state index is 0. The van der Waals surface area contributed by atoms with E-state index in [0.29, 0.717) is 59.4 Å². The number of thiophene rings is 1. The number of halogens is 1. The number of hydrogen-bond acceptors (Lipinski definition) is 12. The number of nitrogens with one attached hydrogen (secondary N) is 3. The van der Waals surface area contributed by atoms with Crippen molar-refractivity contribution in [2.24, 2.45) is 5.92 Å². The van der Waals surface area contributed by atoms with Gasteiger partial charge in [-0.2, -0.15) is 0 Å². The number of amides is 1. The van der Waals surface area contributed by atoms with Crippen molar-refractivity contribution in [2.45, 2.75) is 50.5 Å². The number of benzene rings is 3. The number of fused-ring (bicyclic) bond motifs is 4. The largest absolute Gasteiger partial charge is 1.00 e. The fourth-order valence-electron chi connectivity index (χ4n) is 8.68. The van der Waals surface area contributed by atoms with Gasteiger partial charge in [0.1, 0.15) is 37.0 Å². The van der Waals surface area contributed by atoms with Gasteiger partial charge < -0.3 is 61.3 Å². The van der Waals surface area contributed by atoms with Crippen LogP contribution >= 0.6 is 11.3 Å². The molecule has 6 aromatic rings. The van der Waals surface area contributed by atoms with Crippen LogP contribution in [0.15, 0.2) is 118 Å². The maximum atomic E-state index is 13.6. The lowest BCUT2D eigenvalue weighted by Crippen LogP contribution is -3.00. The molecule has 3 atom stereocenters. The normalized spacial score (nSPS) is 18.7. The number of rotatable bonds is 19. The van der Waals surface area contributed by atoms with E-state index >= 15 is 0 Å². The number of pyridine rings is 1. The van der Waals surface area contributed by atoms with Gasteiger partial charge in [-0.15, -0.1) is 11.3 Å². The summed E-state index contributed by atoms with van der Waals surface area (Å²) in [7, 11) is 0. The second-order valence-corrected chi connectivity index (χ2v) is 17.2. The Morgan fingerprint density at radius 2 is 1.73 bits per heavy atom. The number of aromatic nitrogens is 1. The molecule has 5 N–H and O–H groups in total. The van der Waals surface area contributed by atoms with Crippen molar-refractivity contribution in [2.75, 3.05) is 45.9 Å². The molecule has 14 nitrogen and oxygen atoms in total. The lowest BCUT2D eigenvalue weighted by atomic mass is 9.83. The number of quaternary nitrogens is 1. The molecule has 3 aliphatic heterocycles. The number of furan rings is 1. The molecule has 6 heterocycles. The van der Waals surface area contributed by atoms with E-state index in [2.05, 4.69) is 15.6 Å². The third kappa shape index (κ3) is 11.2. The monoisotopic (exact) mass is 910 g/mol. The Morgan fingerprint density at radius 3 is 2.53 bits per heavy atom. The number of unbranched alkanes of at least 4 members (excludes halogenated alkanes) is 1. The van der Waals surface area contributed by atoms with Crippen LogP contribution < -0.4 is 33.3 Å². The number of nitrogens with zero attached hydrogens (tertiary/aromatic N) is 1. The second-order valence-electron chi connectivity index (χ2n) is 16.3. The molecule has 336 valence electrons. The number of aromatic amines is 1. The topological polar surface area (TPSA) is 189 Å². The van der Waals surface area contributed by atoms with Gasteiger partial charge in [-0.05, 0) is 83.9 Å². The summed E-state index contributed by atoms with van der Waals surface area (Å²) in [5.74, 6) is 0.779. The van der Waals surface area contributed by atoms with E-state index in [9.17, 15) is 29.4 Å². The number of Topliss-reactive ketones (excluding diaryl/α,β-unsaturated/α-hetero) is 1. The highest BCUT2D eigenvalue weighted by Crippen LogP contribution is 2.37. The number of carbonyl (C=O) groups is 3. The summed E-state index contributed by atoms with van der Waals surface area (Å²) >= 11 is 1.47. The predicted molar refractivity (Wildman–Crippen MR) is 236 cm³/mol. The van der Waals surface area contributed by atoms with Crippen LogP contribution in [0.2, 0.25) is 0 Å². The minimum Gasteiger partial charge on any atom is -1.00 e. The maximum Gasteiger partial charge on any atom is 0.408 e. The zero-order valence-corrected chi connectivity index (χ0v) is 36.7. The van der Waals surface area contributed by atoms with Crippen LogP contribution in [0.3, 0.4) is 0 Å². The molecule has 0 radical (unpaired) electrons. The van der Waals surface area contributed by atoms with Gasteiger partial charge in [-0.1, -0.05) is 54.6 Å². The van der Waals surface area contributed by atoms with Crippen molar-refractivity contribution < 1.29 is 60.1 Å². The van der Waals surface area contributed by atoms with Crippen molar-refractivity contribution in [3.8, 4) is 11.5 Å². The molecule has 16 heteroatoms. The number of carbonyl (C=O) groups excluding carboxylic acids is 3. The maximum absolute atomic E-state index is 13.6. The van der Waals surface area contributed by atoms with Crippen LogP contribution in [0, 0.1) is 5.92 Å². The molecular weight excluding hydrogens is 860 g/mol. The fraction of sp³-hybridized carbons (Fsp3) is 0.333. The highest BCUT2D eigenvalue weighted by molar-refractivity contribution is 7.12. The Kier molecular flexibility index (Phi) is 15.2. The van der Waals surface area contributed by atoms with Gasteiger partial charge >= 0.3 is 12.1 Å². The van der Waals surface area contributed by atoms with Gasteiger partial charge in [0.05, 0.1) is 42.2 Å². The lowest BCUT2D eigenvalue weighted by Gasteiger charge is -2.51. The molecule has 2 bridgehead atoms. The summed E-state index contributed by atoms with van der Waals surface area (Å²) in [6.45, 7) is 3.92. The highest BCUT2D eigenvalue weighted by Gasteiger charge is 2.48. The summed E-state index contributed by atoms with van der Waals surface area (Å²) in [5.41, 5.74) is 2.17. The smallest absolute Gasteiger partial charge is 0.408 e. The van der Waals surface area contributed by atoms with E-state index in [1.54, 1.807) is 24.3 Å². The van der Waals surface area contributed by atoms with E-state index in [1.165, 1.54) is 23.5 Å². The number of aliphatic hydroxyl groups excluding tert-OH is 1. The summed E-state index contributed by atoms with van der Waals surface area (Å²) < 4.78 is 24.1. The number of aliphatic hydroxyl groups is 1. The fourth-order valence-corrected chi connectivity index (χ4v) is 9.34. The van der Waals surface area contributed by atoms with Crippen molar-refractivity contribution in [3.05, 3.63) is 152 Å². The van der Waals surface area contributed by atoms with Crippen LogP contribution in [-0.4, -0.2) is 89.5 Å². The van der Waals surface area contributed by atoms with Crippen LogP contribution in [-0.2, 0) is 16.1 Å². The van der Waals surface area contributed by atoms with Crippen molar-refractivity contribution in [1.82, 2.24) is 15.6 Å². The quantitative estimate of drug-likeness (QED) is 0.0342. The summed E-state index contributed by atoms with van der Waals surface area (Å²) in [6.07, 6.45) is 1.44. The van der Waals surface area contributed by atoms with Crippen molar-refractivity contribution in [3.63, 3.8) is 0 Å². The van der Waals surface area contributed by atoms with Crippen molar-refractivity contribution in [1.29, 1.82) is 0 Å². The van der Waals surface area contributed by atoms with Gasteiger partial charge in [0, 0.05) is 36.8 Å². The number of hydrogen-bond donors (Lipinski definition) is 5. The number of ketones is 1. The molecule has 64 heavy (non-hydrogen) atoms. The predicted octanol–water partition coefficient (Wildman–Crippen LogP) is 4.04. The average molecular weight is 911 g/mol. The molecular formula is C48H51ClN4O10S. The SMILES string of the molecule is O=C(N[C@@H](c1ccccc1)c1cccc(OCc2ccc(C(=O)OCCCCNC[C@H](O)c3ccc(O)c4[nH]c(=O)ccc34)o2)c1)O[C@H]1C[N+]2(CC(=O)c3cccs3)CCC1CC2.[Cl-]. The first-order valence-electron chi connectivity index (χ1n) is 21.3. The number of H-pyrrole nitrogens is 1. The Morgan fingerprint density at radius 1 is 0.922 bits per heavy atom. The molecule has 0 saturated carbocycles. The van der Waals surface area contributed by atoms with Crippen LogP contribution in [0.5, 0.6) is 11.5 Å². The summed E-state index contributed by atoms with van der Waals surface area (Å²) in [4.78, 5) is 54.5. The Bertz CT molecular complexity index is 2570. The highest BCUT2D eigenvalue weighted by atomic mass is 35.5. The molecule has 3 aromatic carbocycles. The number of esters is 1. The molecule has 3 fully saturated rings. The average Bonchev–Trinajstić information content (AvgIpc) is 4.02. The van der Waals surface area contributed by atoms with Crippen LogP contribution in [0.25, 0.3) is 10.9 Å². The Balaban J connectivity index is 0.00000612. The first kappa shape index (κ1) is 46.0. The number of piperidine rings is 3. The molecule has 0 aliphatic carbocycles. The van der Waals surface area contributed by atoms with Crippen molar-refractivity contribution >= 4 is 40.1 Å². The number of ether oxygens (including phenoxy) is 3. The standard InChI is InChI=1S/C48H50N4O10S.ClH/c53-38-16-14-36(37-15-18-44(56)50-46(37)38)39(54)27-49-21-4-5-24-59-47(57)41-17-13-35(61-41)30-60-34-11-6-10-33(26-34)45(32-8-2-1-3-9-32)51-48(58)62-42-29-52(22-19-31(42)20-23-52)28-40(55)43-12-7-25-63-43;/h1-3,6-18,25-26,31,39,42,45,49,54H,4-5,19-24,27-30H2,(H2-,50,51,53,56,58);1H/t31?,39-,42-,45-,52?;/m0./s1. The van der Waals surface area contributed by atoms with Gasteiger partial charge in [0.15, 0.2) is 6.10 Å². The number of phenolic OH excluding ortho intramolecular Hbond substituents is 1. The van der Waals surface area contributed by atoms with Crippen LogP contribution in [0.4, 0.5) is 4.79 Å². The van der Waals surface area contributed by atoms with E-state index < -0.39 is 24.2 Å². The zero-order valence-electron chi connectivity index (χ0n) is 35.1. The van der Waals surface area contributed by atoms with Gasteiger partial charge in [-0.3, -0.25) is 9.59 Å². The number of aromatic hydroxyl groups is 1. The Hall–Kier alpha value is -5.97. The molecule has 0 unspecified atom stereocenters. The molecule has 3 aromatic heterocycles. The zero-order chi connectivity index (χ0) is 43.8. The number of phenols is 1. The first-order valence-corrected chi connectivity index (χ1v) is 22.2. The summed E-state index contributed by atoms with van der Waals surface area (Å²) in [5, 5.41) is 29.6. The van der Waals surface area contributed by atoms with Crippen LogP contribution in [0.1, 0.15) is 80.5 Å². The van der Waals surface area contributed by atoms with Gasteiger partial charge in [0.2, 0.25) is 17.1 Å². The lowest BCUT2D eigenvalue weighted by molar-refractivity contribution is -0.938. The summed E-state index contributed by atoms with van der Waals surface area (Å²) in [6, 6.07) is 29.5. The third-order valence-electron chi connectivity index (χ3n) is 12.0. The van der Waals surface area contributed by atoms with Gasteiger partial charge in [0.25, 0.3) is 0 Å². The van der Waals surface area contributed by atoms with E-state index in [4.69, 9.17) is 18.6 Å². The molecule has 9 rings (SSSR count). The second kappa shape index (κ2) is 21.1. The Labute approximate surface area is 380 Å².